The lowest BCUT2D eigenvalue weighted by Crippen LogP contribution is -2.55. The molecule has 3 rings (SSSR count). The van der Waals surface area contributed by atoms with Crippen LogP contribution < -0.4 is 10.1 Å². The molecule has 0 bridgehead atoms. The Morgan fingerprint density at radius 3 is 2.47 bits per heavy atom. The van der Waals surface area contributed by atoms with Crippen molar-refractivity contribution >= 4 is 23.2 Å². The van der Waals surface area contributed by atoms with E-state index in [4.69, 9.17) is 19.2 Å². The minimum absolute atomic E-state index is 0.0754. The van der Waals surface area contributed by atoms with Crippen LogP contribution in [0.2, 0.25) is 0 Å². The number of rotatable bonds is 7. The van der Waals surface area contributed by atoms with Gasteiger partial charge in [-0.2, -0.15) is 0 Å². The Morgan fingerprint density at radius 1 is 1.13 bits per heavy atom. The van der Waals surface area contributed by atoms with Crippen molar-refractivity contribution in [2.24, 2.45) is 4.99 Å². The van der Waals surface area contributed by atoms with Crippen molar-refractivity contribution in [3.63, 3.8) is 0 Å². The first kappa shape index (κ1) is 21.5. The normalized spacial score (nSPS) is 12.5. The molecule has 0 saturated heterocycles. The summed E-state index contributed by atoms with van der Waals surface area (Å²) in [5.74, 6) is 0.713. The largest absolute Gasteiger partial charge is 0.454 e. The van der Waals surface area contributed by atoms with Crippen LogP contribution in [-0.4, -0.2) is 36.7 Å². The van der Waals surface area contributed by atoms with Crippen LogP contribution in [0.4, 0.5) is 5.69 Å². The Kier molecular flexibility index (Phi) is 6.47. The lowest BCUT2D eigenvalue weighted by atomic mass is 9.97. The molecule has 30 heavy (non-hydrogen) atoms. The number of aliphatic imine (C=N–C) groups is 1. The van der Waals surface area contributed by atoms with Crippen molar-refractivity contribution in [3.05, 3.63) is 59.2 Å². The topological polar surface area (TPSA) is 86.2 Å². The lowest BCUT2D eigenvalue weighted by Gasteiger charge is -2.34. The summed E-state index contributed by atoms with van der Waals surface area (Å²) in [5.41, 5.74) is 2.22. The van der Waals surface area contributed by atoms with Gasteiger partial charge in [0, 0.05) is 25.7 Å². The number of hydrogen-bond donors (Lipinski definition) is 1. The fourth-order valence-corrected chi connectivity index (χ4v) is 3.27. The summed E-state index contributed by atoms with van der Waals surface area (Å²) in [6.07, 6.45) is 0. The molecule has 7 heteroatoms. The number of hydrogen-bond acceptors (Lipinski definition) is 6. The number of amides is 1. The van der Waals surface area contributed by atoms with Crippen molar-refractivity contribution in [3.8, 4) is 11.5 Å². The number of fused-ring (bicyclic) bond motifs is 2. The molecule has 0 radical (unpaired) electrons. The molecule has 0 saturated carbocycles. The maximum atomic E-state index is 12.3. The van der Waals surface area contributed by atoms with Crippen molar-refractivity contribution in [2.45, 2.75) is 33.6 Å². The second-order valence-corrected chi connectivity index (χ2v) is 6.67. The number of nitrogens with zero attached hydrogens (tertiary/aromatic N) is 1. The Morgan fingerprint density at radius 2 is 1.83 bits per heavy atom. The van der Waals surface area contributed by atoms with E-state index < -0.39 is 11.8 Å². The highest BCUT2D eigenvalue weighted by Crippen LogP contribution is 2.40. The van der Waals surface area contributed by atoms with E-state index in [2.05, 4.69) is 5.32 Å². The fourth-order valence-electron chi connectivity index (χ4n) is 3.27. The van der Waals surface area contributed by atoms with Crippen LogP contribution in [0.15, 0.2) is 53.0 Å². The summed E-state index contributed by atoms with van der Waals surface area (Å²) in [6.45, 7) is 7.07. The number of aryl methyl sites for hydroxylation is 1. The summed E-state index contributed by atoms with van der Waals surface area (Å²) < 4.78 is 17.6. The molecule has 1 N–H and O–H groups in total. The third-order valence-corrected chi connectivity index (χ3v) is 4.41. The van der Waals surface area contributed by atoms with E-state index in [9.17, 15) is 9.59 Å². The molecule has 0 fully saturated rings. The predicted molar refractivity (Wildman–Crippen MR) is 113 cm³/mol. The molecule has 2 aromatic carbocycles. The van der Waals surface area contributed by atoms with E-state index in [0.29, 0.717) is 22.7 Å². The molecule has 1 aliphatic rings. The van der Waals surface area contributed by atoms with E-state index in [1.54, 1.807) is 26.0 Å². The average Bonchev–Trinajstić information content (AvgIpc) is 2.85. The van der Waals surface area contributed by atoms with Crippen LogP contribution >= 0.6 is 0 Å². The first-order valence-electron chi connectivity index (χ1n) is 9.73. The highest BCUT2D eigenvalue weighted by molar-refractivity contribution is 6.20. The molecule has 1 heterocycles. The number of ether oxygens (including phenoxy) is 3. The van der Waals surface area contributed by atoms with E-state index in [1.165, 1.54) is 6.92 Å². The van der Waals surface area contributed by atoms with E-state index >= 15 is 0 Å². The van der Waals surface area contributed by atoms with Crippen LogP contribution in [0.3, 0.4) is 0 Å². The molecule has 7 nitrogen and oxygen atoms in total. The predicted octanol–water partition coefficient (Wildman–Crippen LogP) is 3.84. The molecule has 0 unspecified atom stereocenters. The van der Waals surface area contributed by atoms with Gasteiger partial charge in [-0.3, -0.25) is 4.79 Å². The minimum Gasteiger partial charge on any atom is -0.454 e. The van der Waals surface area contributed by atoms with Gasteiger partial charge in [0.15, 0.2) is 5.75 Å². The first-order chi connectivity index (χ1) is 14.4. The van der Waals surface area contributed by atoms with Gasteiger partial charge in [-0.1, -0.05) is 23.8 Å². The SMILES string of the molecule is CCOC(NC(C)=O)(OCC)C(=C=O)C1=Nc2ccccc2Oc2ccc(C)cc21. The van der Waals surface area contributed by atoms with Crippen LogP contribution in [0.25, 0.3) is 0 Å². The molecule has 2 aromatic rings. The fraction of sp³-hybridized carbons (Fsp3) is 0.304. The zero-order valence-electron chi connectivity index (χ0n) is 17.4. The van der Waals surface area contributed by atoms with Gasteiger partial charge in [-0.05, 0) is 45.0 Å². The number of para-hydroxylation sites is 2. The number of carbonyl (C=O) groups is 1. The van der Waals surface area contributed by atoms with Crippen LogP contribution in [-0.2, 0) is 19.1 Å². The maximum Gasteiger partial charge on any atom is 0.292 e. The molecular weight excluding hydrogens is 384 g/mol. The summed E-state index contributed by atoms with van der Waals surface area (Å²) in [7, 11) is 0. The second-order valence-electron chi connectivity index (χ2n) is 6.67. The quantitative estimate of drug-likeness (QED) is 0.556. The summed E-state index contributed by atoms with van der Waals surface area (Å²) in [6, 6.07) is 12.8. The van der Waals surface area contributed by atoms with E-state index in [-0.39, 0.29) is 24.5 Å². The Hall–Kier alpha value is -3.25. The van der Waals surface area contributed by atoms with Gasteiger partial charge >= 0.3 is 0 Å². The number of benzene rings is 2. The number of carbonyl (C=O) groups excluding carboxylic acids is 2. The molecule has 0 spiro atoms. The Bertz CT molecular complexity index is 1030. The standard InChI is InChI=1S/C23H24N2O5/c1-5-28-23(29-6-2,25-16(4)27)18(14-26)22-17-13-15(3)11-12-20(17)30-21-10-8-7-9-19(21)24-22/h7-13H,5-6H2,1-4H3,(H,25,27). The first-order valence-corrected chi connectivity index (χ1v) is 9.73. The van der Waals surface area contributed by atoms with Gasteiger partial charge in [0.2, 0.25) is 5.91 Å². The third-order valence-electron chi connectivity index (χ3n) is 4.41. The molecular formula is C23H24N2O5. The third kappa shape index (κ3) is 4.19. The summed E-state index contributed by atoms with van der Waals surface area (Å²) >= 11 is 0. The Labute approximate surface area is 175 Å². The smallest absolute Gasteiger partial charge is 0.292 e. The molecule has 0 aliphatic carbocycles. The molecule has 156 valence electrons. The van der Waals surface area contributed by atoms with Crippen molar-refractivity contribution in [2.75, 3.05) is 13.2 Å². The monoisotopic (exact) mass is 408 g/mol. The van der Waals surface area contributed by atoms with Crippen LogP contribution in [0, 0.1) is 6.92 Å². The molecule has 1 amide bonds. The Balaban J connectivity index is 2.30. The van der Waals surface area contributed by atoms with E-state index in [0.717, 1.165) is 5.56 Å². The average molecular weight is 408 g/mol. The molecule has 0 atom stereocenters. The van der Waals surface area contributed by atoms with Gasteiger partial charge in [0.1, 0.15) is 23.0 Å². The van der Waals surface area contributed by atoms with Crippen molar-refractivity contribution in [1.29, 1.82) is 0 Å². The number of nitrogens with one attached hydrogen (secondary N) is 1. The minimum atomic E-state index is -1.84. The maximum absolute atomic E-state index is 12.3. The van der Waals surface area contributed by atoms with Crippen molar-refractivity contribution < 1.29 is 23.8 Å². The van der Waals surface area contributed by atoms with Gasteiger partial charge in [0.25, 0.3) is 5.91 Å². The van der Waals surface area contributed by atoms with Crippen LogP contribution in [0.1, 0.15) is 31.9 Å². The summed E-state index contributed by atoms with van der Waals surface area (Å²) in [5, 5.41) is 2.63. The van der Waals surface area contributed by atoms with Gasteiger partial charge in [0.05, 0.1) is 5.71 Å². The highest BCUT2D eigenvalue weighted by atomic mass is 16.7. The zero-order valence-corrected chi connectivity index (χ0v) is 17.4. The molecule has 1 aliphatic heterocycles. The zero-order chi connectivity index (χ0) is 21.7. The van der Waals surface area contributed by atoms with Gasteiger partial charge in [-0.15, -0.1) is 0 Å². The van der Waals surface area contributed by atoms with Crippen molar-refractivity contribution in [1.82, 2.24) is 5.32 Å². The second kappa shape index (κ2) is 9.05. The highest BCUT2D eigenvalue weighted by Gasteiger charge is 2.43. The van der Waals surface area contributed by atoms with Crippen LogP contribution in [0.5, 0.6) is 11.5 Å². The lowest BCUT2D eigenvalue weighted by molar-refractivity contribution is -0.221. The van der Waals surface area contributed by atoms with Gasteiger partial charge < -0.3 is 19.5 Å². The van der Waals surface area contributed by atoms with Gasteiger partial charge in [-0.25, -0.2) is 9.79 Å². The summed E-state index contributed by atoms with van der Waals surface area (Å²) in [4.78, 5) is 29.0. The van der Waals surface area contributed by atoms with E-state index in [1.807, 2.05) is 43.2 Å². The molecule has 0 aromatic heterocycles.